The number of carboxylic acid groups (broad SMARTS) is 1. The van der Waals surface area contributed by atoms with E-state index >= 15 is 0 Å². The second-order valence-corrected chi connectivity index (χ2v) is 6.30. The molecule has 0 saturated carbocycles. The van der Waals surface area contributed by atoms with Gasteiger partial charge in [-0.1, -0.05) is 30.2 Å². The second kappa shape index (κ2) is 8.64. The van der Waals surface area contributed by atoms with Gasteiger partial charge in [-0.2, -0.15) is 0 Å². The molecule has 1 amide bonds. The van der Waals surface area contributed by atoms with E-state index in [1.807, 2.05) is 18.2 Å². The predicted octanol–water partition coefficient (Wildman–Crippen LogP) is 3.84. The number of halogens is 1. The van der Waals surface area contributed by atoms with Crippen LogP contribution >= 0.6 is 22.9 Å². The molecule has 0 aliphatic rings. The molecule has 5 nitrogen and oxygen atoms in total. The molecule has 122 valence electrons. The number of aliphatic carboxylic acids is 1. The first-order valence-electron chi connectivity index (χ1n) is 7.28. The summed E-state index contributed by atoms with van der Waals surface area (Å²) < 4.78 is 0. The highest BCUT2D eigenvalue weighted by Crippen LogP contribution is 2.25. The fourth-order valence-corrected chi connectivity index (χ4v) is 2.99. The van der Waals surface area contributed by atoms with E-state index in [1.54, 1.807) is 11.4 Å². The number of hydrogen-bond donors (Lipinski definition) is 2. The van der Waals surface area contributed by atoms with Crippen molar-refractivity contribution in [2.24, 2.45) is 0 Å². The molecule has 0 aliphatic carbocycles. The van der Waals surface area contributed by atoms with Crippen molar-refractivity contribution in [2.75, 3.05) is 6.54 Å². The number of unbranched alkanes of at least 4 members (excludes halogenated alkanes) is 2. The number of nitrogens with zero attached hydrogens (tertiary/aromatic N) is 1. The molecular formula is C16H17ClN2O3S. The highest BCUT2D eigenvalue weighted by molar-refractivity contribution is 7.13. The minimum Gasteiger partial charge on any atom is -0.481 e. The number of carboxylic acids is 1. The Morgan fingerprint density at radius 1 is 1.26 bits per heavy atom. The number of carbonyl (C=O) groups is 2. The van der Waals surface area contributed by atoms with Crippen molar-refractivity contribution in [3.63, 3.8) is 0 Å². The van der Waals surface area contributed by atoms with Gasteiger partial charge in [-0.3, -0.25) is 9.59 Å². The van der Waals surface area contributed by atoms with Crippen molar-refractivity contribution in [1.82, 2.24) is 10.3 Å². The summed E-state index contributed by atoms with van der Waals surface area (Å²) >= 11 is 7.35. The largest absolute Gasteiger partial charge is 0.481 e. The number of carbonyl (C=O) groups excluding carboxylic acids is 1. The fraction of sp³-hybridized carbons (Fsp3) is 0.312. The third-order valence-electron chi connectivity index (χ3n) is 3.16. The first-order chi connectivity index (χ1) is 11.1. The molecule has 1 heterocycles. The molecule has 7 heteroatoms. The van der Waals surface area contributed by atoms with Gasteiger partial charge in [-0.25, -0.2) is 4.98 Å². The van der Waals surface area contributed by atoms with Gasteiger partial charge in [0.15, 0.2) is 0 Å². The van der Waals surface area contributed by atoms with Gasteiger partial charge >= 0.3 is 5.97 Å². The molecule has 0 bridgehead atoms. The fourth-order valence-electron chi connectivity index (χ4n) is 2.00. The maximum Gasteiger partial charge on any atom is 0.303 e. The van der Waals surface area contributed by atoms with Crippen LogP contribution < -0.4 is 5.32 Å². The third-order valence-corrected chi connectivity index (χ3v) is 4.29. The smallest absolute Gasteiger partial charge is 0.303 e. The Balaban J connectivity index is 1.81. The van der Waals surface area contributed by atoms with E-state index in [2.05, 4.69) is 10.3 Å². The van der Waals surface area contributed by atoms with Gasteiger partial charge in [0, 0.05) is 28.9 Å². The minimum absolute atomic E-state index is 0.170. The zero-order valence-corrected chi connectivity index (χ0v) is 14.0. The summed E-state index contributed by atoms with van der Waals surface area (Å²) in [4.78, 5) is 26.7. The van der Waals surface area contributed by atoms with E-state index in [4.69, 9.17) is 16.7 Å². The van der Waals surface area contributed by atoms with E-state index in [0.717, 1.165) is 23.4 Å². The third kappa shape index (κ3) is 5.65. The normalized spacial score (nSPS) is 10.5. The van der Waals surface area contributed by atoms with Crippen LogP contribution in [0.15, 0.2) is 29.6 Å². The molecule has 0 aliphatic heterocycles. The van der Waals surface area contributed by atoms with Crippen LogP contribution in [-0.4, -0.2) is 28.5 Å². The summed E-state index contributed by atoms with van der Waals surface area (Å²) in [5, 5.41) is 14.4. The monoisotopic (exact) mass is 352 g/mol. The number of nitrogens with one attached hydrogen (secondary N) is 1. The standard InChI is InChI=1S/C16H17ClN2O3S/c17-12-6-4-5-11(9-12)16-19-13(10-23-16)15(22)18-8-3-1-2-7-14(20)21/h4-6,9-10H,1-3,7-8H2,(H,18,22)(H,20,21). The average Bonchev–Trinajstić information content (AvgIpc) is 3.00. The minimum atomic E-state index is -0.787. The van der Waals surface area contributed by atoms with Crippen LogP contribution in [0.3, 0.4) is 0 Å². The number of amides is 1. The van der Waals surface area contributed by atoms with Gasteiger partial charge in [0.1, 0.15) is 10.7 Å². The van der Waals surface area contributed by atoms with Crippen molar-refractivity contribution in [2.45, 2.75) is 25.7 Å². The van der Waals surface area contributed by atoms with Crippen molar-refractivity contribution in [1.29, 1.82) is 0 Å². The molecule has 0 unspecified atom stereocenters. The lowest BCUT2D eigenvalue weighted by molar-refractivity contribution is -0.137. The Bertz CT molecular complexity index is 687. The van der Waals surface area contributed by atoms with Gasteiger partial charge in [-0.05, 0) is 25.0 Å². The van der Waals surface area contributed by atoms with Crippen LogP contribution in [0.5, 0.6) is 0 Å². The predicted molar refractivity (Wildman–Crippen MR) is 91.0 cm³/mol. The lowest BCUT2D eigenvalue weighted by atomic mass is 10.2. The van der Waals surface area contributed by atoms with E-state index < -0.39 is 5.97 Å². The van der Waals surface area contributed by atoms with Crippen molar-refractivity contribution in [3.8, 4) is 10.6 Å². The summed E-state index contributed by atoms with van der Waals surface area (Å²) in [5.74, 6) is -1.00. The van der Waals surface area contributed by atoms with Crippen LogP contribution in [0.1, 0.15) is 36.2 Å². The number of hydrogen-bond acceptors (Lipinski definition) is 4. The molecule has 0 fully saturated rings. The van der Waals surface area contributed by atoms with Crippen LogP contribution in [0.2, 0.25) is 5.02 Å². The first-order valence-corrected chi connectivity index (χ1v) is 8.53. The van der Waals surface area contributed by atoms with Crippen LogP contribution in [0.25, 0.3) is 10.6 Å². The Hall–Kier alpha value is -1.92. The van der Waals surface area contributed by atoms with E-state index in [0.29, 0.717) is 23.7 Å². The van der Waals surface area contributed by atoms with Crippen LogP contribution in [0, 0.1) is 0 Å². The summed E-state index contributed by atoms with van der Waals surface area (Å²) in [6.45, 7) is 0.516. The number of thiazole rings is 1. The lowest BCUT2D eigenvalue weighted by Gasteiger charge is -2.02. The Morgan fingerprint density at radius 3 is 2.83 bits per heavy atom. The molecule has 0 radical (unpaired) electrons. The lowest BCUT2D eigenvalue weighted by Crippen LogP contribution is -2.24. The average molecular weight is 353 g/mol. The van der Waals surface area contributed by atoms with Gasteiger partial charge in [-0.15, -0.1) is 11.3 Å². The number of benzene rings is 1. The Kier molecular flexibility index (Phi) is 6.55. The van der Waals surface area contributed by atoms with Gasteiger partial charge < -0.3 is 10.4 Å². The quantitative estimate of drug-likeness (QED) is 0.707. The van der Waals surface area contributed by atoms with E-state index in [-0.39, 0.29) is 12.3 Å². The van der Waals surface area contributed by atoms with E-state index in [1.165, 1.54) is 11.3 Å². The zero-order valence-electron chi connectivity index (χ0n) is 12.4. The molecule has 1 aromatic heterocycles. The SMILES string of the molecule is O=C(O)CCCCCNC(=O)c1csc(-c2cccc(Cl)c2)n1. The second-order valence-electron chi connectivity index (χ2n) is 5.01. The van der Waals surface area contributed by atoms with Crippen molar-refractivity contribution < 1.29 is 14.7 Å². The Labute approximate surface area is 143 Å². The number of rotatable bonds is 8. The molecule has 0 atom stereocenters. The van der Waals surface area contributed by atoms with Gasteiger partial charge in [0.05, 0.1) is 0 Å². The van der Waals surface area contributed by atoms with Gasteiger partial charge in [0.2, 0.25) is 0 Å². The highest BCUT2D eigenvalue weighted by atomic mass is 35.5. The molecule has 0 spiro atoms. The van der Waals surface area contributed by atoms with E-state index in [9.17, 15) is 9.59 Å². The molecule has 1 aromatic carbocycles. The first kappa shape index (κ1) is 17.4. The molecule has 2 N–H and O–H groups in total. The molecule has 2 rings (SSSR count). The summed E-state index contributed by atoms with van der Waals surface area (Å²) in [6, 6.07) is 7.34. The maximum absolute atomic E-state index is 12.0. The summed E-state index contributed by atoms with van der Waals surface area (Å²) in [5.41, 5.74) is 1.27. The highest BCUT2D eigenvalue weighted by Gasteiger charge is 2.11. The molecule has 0 saturated heterocycles. The summed E-state index contributed by atoms with van der Waals surface area (Å²) in [7, 11) is 0. The van der Waals surface area contributed by atoms with Crippen molar-refractivity contribution >= 4 is 34.8 Å². The molecule has 2 aromatic rings. The molecular weight excluding hydrogens is 336 g/mol. The maximum atomic E-state index is 12.0. The molecule has 23 heavy (non-hydrogen) atoms. The summed E-state index contributed by atoms with van der Waals surface area (Å²) in [6.07, 6.45) is 2.32. The van der Waals surface area contributed by atoms with Crippen LogP contribution in [-0.2, 0) is 4.79 Å². The zero-order chi connectivity index (χ0) is 16.7. The topological polar surface area (TPSA) is 79.3 Å². The number of aromatic nitrogens is 1. The Morgan fingerprint density at radius 2 is 2.09 bits per heavy atom. The van der Waals surface area contributed by atoms with Crippen molar-refractivity contribution in [3.05, 3.63) is 40.4 Å². The van der Waals surface area contributed by atoms with Crippen LogP contribution in [0.4, 0.5) is 0 Å². The van der Waals surface area contributed by atoms with Gasteiger partial charge in [0.25, 0.3) is 5.91 Å².